The maximum Gasteiger partial charge on any atom is 0.338 e. The fourth-order valence-corrected chi connectivity index (χ4v) is 1.89. The van der Waals surface area contributed by atoms with Gasteiger partial charge in [-0.15, -0.1) is 0 Å². The Hall–Kier alpha value is -1.67. The fraction of sp³-hybridized carbons (Fsp3) is 0.364. The highest BCUT2D eigenvalue weighted by atomic mass is 32.2. The monoisotopic (exact) mass is 290 g/mol. The summed E-state index contributed by atoms with van der Waals surface area (Å²) in [5.74, 6) is -2.13. The van der Waals surface area contributed by atoms with Gasteiger partial charge >= 0.3 is 5.97 Å². The molecular weight excluding hydrogens is 275 g/mol. The van der Waals surface area contributed by atoms with E-state index in [1.807, 2.05) is 0 Å². The van der Waals surface area contributed by atoms with E-state index in [1.54, 1.807) is 0 Å². The van der Waals surface area contributed by atoms with Gasteiger partial charge < -0.3 is 10.4 Å². The Morgan fingerprint density at radius 3 is 2.58 bits per heavy atom. The summed E-state index contributed by atoms with van der Waals surface area (Å²) in [6.45, 7) is 0.718. The van der Waals surface area contributed by atoms with Crippen LogP contribution in [0, 0.1) is 5.82 Å². The Balaban J connectivity index is 2.42. The molecule has 0 fully saturated rings. The van der Waals surface area contributed by atoms with Gasteiger partial charge in [-0.3, -0.25) is 0 Å². The number of benzene rings is 1. The van der Waals surface area contributed by atoms with Crippen LogP contribution in [0.2, 0.25) is 0 Å². The molecule has 0 aliphatic rings. The molecule has 0 saturated carbocycles. The van der Waals surface area contributed by atoms with E-state index in [1.165, 1.54) is 12.1 Å². The molecule has 0 saturated heterocycles. The number of sulfonamides is 1. The van der Waals surface area contributed by atoms with Crippen LogP contribution in [-0.2, 0) is 10.0 Å². The lowest BCUT2D eigenvalue weighted by molar-refractivity contribution is 0.0692. The van der Waals surface area contributed by atoms with Gasteiger partial charge in [0.1, 0.15) is 5.82 Å². The second-order valence-electron chi connectivity index (χ2n) is 3.95. The zero-order valence-electron chi connectivity index (χ0n) is 10.3. The molecule has 3 N–H and O–H groups in total. The quantitative estimate of drug-likeness (QED) is 0.648. The van der Waals surface area contributed by atoms with Crippen LogP contribution in [0.5, 0.6) is 0 Å². The fourth-order valence-electron chi connectivity index (χ4n) is 1.38. The predicted molar refractivity (Wildman–Crippen MR) is 69.3 cm³/mol. The van der Waals surface area contributed by atoms with Crippen molar-refractivity contribution < 1.29 is 22.7 Å². The first-order valence-electron chi connectivity index (χ1n) is 5.51. The zero-order chi connectivity index (χ0) is 14.5. The molecule has 0 radical (unpaired) electrons. The third-order valence-corrected chi connectivity index (χ3v) is 2.97. The molecule has 0 bridgehead atoms. The van der Waals surface area contributed by atoms with E-state index in [0.29, 0.717) is 18.7 Å². The molecule has 1 aromatic rings. The molecule has 0 aromatic heterocycles. The number of nitrogens with one attached hydrogen (secondary N) is 2. The van der Waals surface area contributed by atoms with E-state index < -0.39 is 21.8 Å². The first-order valence-corrected chi connectivity index (χ1v) is 7.40. The van der Waals surface area contributed by atoms with Crippen LogP contribution in [0.4, 0.5) is 10.1 Å². The van der Waals surface area contributed by atoms with Crippen molar-refractivity contribution in [1.29, 1.82) is 0 Å². The summed E-state index contributed by atoms with van der Waals surface area (Å²) < 4.78 is 37.2. The molecular formula is C11H15FN2O4S. The van der Waals surface area contributed by atoms with Crippen LogP contribution in [0.1, 0.15) is 16.8 Å². The molecule has 8 heteroatoms. The SMILES string of the molecule is CS(=O)(=O)NCCCNc1ccc(C(=O)O)c(F)c1. The Morgan fingerprint density at radius 1 is 1.37 bits per heavy atom. The third kappa shape index (κ3) is 5.66. The molecule has 0 unspecified atom stereocenters. The average molecular weight is 290 g/mol. The van der Waals surface area contributed by atoms with E-state index in [0.717, 1.165) is 12.3 Å². The van der Waals surface area contributed by atoms with Crippen molar-refractivity contribution in [3.8, 4) is 0 Å². The van der Waals surface area contributed by atoms with Gasteiger partial charge in [0, 0.05) is 18.8 Å². The summed E-state index contributed by atoms with van der Waals surface area (Å²) in [7, 11) is -3.19. The van der Waals surface area contributed by atoms with Gasteiger partial charge in [-0.25, -0.2) is 22.3 Å². The molecule has 0 amide bonds. The number of rotatable bonds is 7. The molecule has 1 aromatic carbocycles. The summed E-state index contributed by atoms with van der Waals surface area (Å²) >= 11 is 0. The van der Waals surface area contributed by atoms with Crippen molar-refractivity contribution in [3.05, 3.63) is 29.6 Å². The standard InChI is InChI=1S/C11H15FN2O4S/c1-19(17,18)14-6-2-5-13-8-3-4-9(11(15)16)10(12)7-8/h3-4,7,13-14H,2,5-6H2,1H3,(H,15,16). The molecule has 0 spiro atoms. The van der Waals surface area contributed by atoms with Gasteiger partial charge in [-0.2, -0.15) is 0 Å². The Kier molecular flexibility index (Phi) is 5.25. The minimum Gasteiger partial charge on any atom is -0.478 e. The van der Waals surface area contributed by atoms with Gasteiger partial charge in [0.15, 0.2) is 0 Å². The molecule has 0 heterocycles. The smallest absolute Gasteiger partial charge is 0.338 e. The first kappa shape index (κ1) is 15.4. The lowest BCUT2D eigenvalue weighted by Gasteiger charge is -2.07. The highest BCUT2D eigenvalue weighted by Crippen LogP contribution is 2.14. The maximum atomic E-state index is 13.3. The van der Waals surface area contributed by atoms with Gasteiger partial charge in [0.05, 0.1) is 11.8 Å². The van der Waals surface area contributed by atoms with Gasteiger partial charge in [-0.1, -0.05) is 0 Å². The summed E-state index contributed by atoms with van der Waals surface area (Å²) in [5.41, 5.74) is 0.0612. The molecule has 19 heavy (non-hydrogen) atoms. The van der Waals surface area contributed by atoms with Crippen LogP contribution in [0.15, 0.2) is 18.2 Å². The number of carbonyl (C=O) groups is 1. The second-order valence-corrected chi connectivity index (χ2v) is 5.78. The highest BCUT2D eigenvalue weighted by molar-refractivity contribution is 7.88. The van der Waals surface area contributed by atoms with Gasteiger partial charge in [0.2, 0.25) is 10.0 Å². The molecule has 0 atom stereocenters. The molecule has 1 rings (SSSR count). The van der Waals surface area contributed by atoms with Crippen LogP contribution in [0.25, 0.3) is 0 Å². The van der Waals surface area contributed by atoms with Crippen molar-refractivity contribution in [2.24, 2.45) is 0 Å². The van der Waals surface area contributed by atoms with E-state index >= 15 is 0 Å². The number of aromatic carboxylic acids is 1. The van der Waals surface area contributed by atoms with Crippen molar-refractivity contribution in [2.75, 3.05) is 24.7 Å². The normalized spacial score (nSPS) is 11.3. The number of halogens is 1. The van der Waals surface area contributed by atoms with Crippen molar-refractivity contribution in [2.45, 2.75) is 6.42 Å². The Bertz CT molecular complexity index is 560. The van der Waals surface area contributed by atoms with E-state index in [9.17, 15) is 17.6 Å². The number of carboxylic acid groups (broad SMARTS) is 1. The minimum absolute atomic E-state index is 0.279. The Morgan fingerprint density at radius 2 is 2.05 bits per heavy atom. The highest BCUT2D eigenvalue weighted by Gasteiger charge is 2.09. The maximum absolute atomic E-state index is 13.3. The topological polar surface area (TPSA) is 95.5 Å². The summed E-state index contributed by atoms with van der Waals surface area (Å²) in [6, 6.07) is 3.72. The minimum atomic E-state index is -3.19. The van der Waals surface area contributed by atoms with Gasteiger partial charge in [0.25, 0.3) is 0 Å². The van der Waals surface area contributed by atoms with Crippen molar-refractivity contribution >= 4 is 21.7 Å². The van der Waals surface area contributed by atoms with E-state index in [2.05, 4.69) is 10.0 Å². The predicted octanol–water partition coefficient (Wildman–Crippen LogP) is 0.875. The Labute approximate surface area is 110 Å². The van der Waals surface area contributed by atoms with Gasteiger partial charge in [-0.05, 0) is 24.6 Å². The van der Waals surface area contributed by atoms with Crippen LogP contribution in [0.3, 0.4) is 0 Å². The van der Waals surface area contributed by atoms with Crippen LogP contribution < -0.4 is 10.0 Å². The van der Waals surface area contributed by atoms with E-state index in [-0.39, 0.29) is 12.1 Å². The lowest BCUT2D eigenvalue weighted by Crippen LogP contribution is -2.24. The molecule has 106 valence electrons. The average Bonchev–Trinajstić information content (AvgIpc) is 2.26. The summed E-state index contributed by atoms with van der Waals surface area (Å²) in [4.78, 5) is 10.6. The summed E-state index contributed by atoms with van der Waals surface area (Å²) in [5, 5.41) is 11.5. The molecule has 6 nitrogen and oxygen atoms in total. The summed E-state index contributed by atoms with van der Waals surface area (Å²) in [6.07, 6.45) is 1.59. The lowest BCUT2D eigenvalue weighted by atomic mass is 10.2. The zero-order valence-corrected chi connectivity index (χ0v) is 11.1. The number of hydrogen-bond acceptors (Lipinski definition) is 4. The van der Waals surface area contributed by atoms with Crippen LogP contribution in [-0.4, -0.2) is 38.8 Å². The molecule has 0 aliphatic carbocycles. The number of anilines is 1. The van der Waals surface area contributed by atoms with Crippen LogP contribution >= 0.6 is 0 Å². The third-order valence-electron chi connectivity index (χ3n) is 2.25. The van der Waals surface area contributed by atoms with E-state index in [4.69, 9.17) is 5.11 Å². The number of hydrogen-bond donors (Lipinski definition) is 3. The first-order chi connectivity index (χ1) is 8.79. The second kappa shape index (κ2) is 6.48. The van der Waals surface area contributed by atoms with Crippen molar-refractivity contribution in [1.82, 2.24) is 4.72 Å². The number of carboxylic acids is 1. The van der Waals surface area contributed by atoms with Crippen molar-refractivity contribution in [3.63, 3.8) is 0 Å². The largest absolute Gasteiger partial charge is 0.478 e. The molecule has 0 aliphatic heterocycles.